The standard InChI is InChI=1S/C23H22N4O3/c1-29-23(28)20-11-14(13-30-18-4-2-3-17(12-18)22(26)27)5-10-19(20)15-6-8-16(9-7-15)21(24)25/h2-12H,13H2,1H3,(H3,24,25)(H3,26,27). The smallest absolute Gasteiger partial charge is 0.338 e. The van der Waals surface area contributed by atoms with Crippen molar-refractivity contribution in [3.05, 3.63) is 89.0 Å². The third kappa shape index (κ3) is 4.64. The number of nitrogen functional groups attached to an aromatic ring is 2. The van der Waals surface area contributed by atoms with Gasteiger partial charge < -0.3 is 20.9 Å². The van der Waals surface area contributed by atoms with Crippen molar-refractivity contribution in [2.75, 3.05) is 7.11 Å². The third-order valence-electron chi connectivity index (χ3n) is 4.55. The van der Waals surface area contributed by atoms with Crippen molar-refractivity contribution in [2.24, 2.45) is 11.5 Å². The van der Waals surface area contributed by atoms with E-state index < -0.39 is 5.97 Å². The first kappa shape index (κ1) is 20.6. The number of benzene rings is 3. The van der Waals surface area contributed by atoms with Crippen molar-refractivity contribution < 1.29 is 14.3 Å². The van der Waals surface area contributed by atoms with Crippen molar-refractivity contribution in [3.8, 4) is 16.9 Å². The quantitative estimate of drug-likeness (QED) is 0.273. The fraction of sp³-hybridized carbons (Fsp3) is 0.0870. The number of amidine groups is 2. The molecular formula is C23H22N4O3. The average molecular weight is 402 g/mol. The minimum absolute atomic E-state index is 0.0175. The van der Waals surface area contributed by atoms with Crippen LogP contribution in [0, 0.1) is 10.8 Å². The van der Waals surface area contributed by atoms with Crippen LogP contribution in [0.5, 0.6) is 5.75 Å². The van der Waals surface area contributed by atoms with Crippen LogP contribution >= 0.6 is 0 Å². The number of ether oxygens (including phenoxy) is 2. The molecule has 6 N–H and O–H groups in total. The fourth-order valence-electron chi connectivity index (χ4n) is 2.96. The third-order valence-corrected chi connectivity index (χ3v) is 4.55. The van der Waals surface area contributed by atoms with E-state index in [0.717, 1.165) is 11.1 Å². The van der Waals surface area contributed by atoms with E-state index in [4.69, 9.17) is 31.8 Å². The molecule has 0 amide bonds. The van der Waals surface area contributed by atoms with Gasteiger partial charge in [0.2, 0.25) is 0 Å². The number of rotatable bonds is 7. The van der Waals surface area contributed by atoms with Gasteiger partial charge in [-0.3, -0.25) is 10.8 Å². The number of esters is 1. The van der Waals surface area contributed by atoms with E-state index in [9.17, 15) is 4.79 Å². The van der Waals surface area contributed by atoms with Crippen LogP contribution in [0.2, 0.25) is 0 Å². The predicted octanol–water partition coefficient (Wildman–Crippen LogP) is 3.29. The topological polar surface area (TPSA) is 135 Å². The van der Waals surface area contributed by atoms with E-state index in [1.54, 1.807) is 42.5 Å². The van der Waals surface area contributed by atoms with Gasteiger partial charge in [0.25, 0.3) is 0 Å². The molecule has 3 aromatic carbocycles. The first-order valence-electron chi connectivity index (χ1n) is 9.12. The van der Waals surface area contributed by atoms with Gasteiger partial charge in [-0.05, 0) is 34.9 Å². The highest BCUT2D eigenvalue weighted by Gasteiger charge is 2.15. The number of carbonyl (C=O) groups excluding carboxylic acids is 1. The molecule has 0 bridgehead atoms. The molecule has 0 fully saturated rings. The zero-order valence-electron chi connectivity index (χ0n) is 16.4. The summed E-state index contributed by atoms with van der Waals surface area (Å²) in [6.45, 7) is 0.231. The van der Waals surface area contributed by atoms with Crippen LogP contribution in [0.1, 0.15) is 27.0 Å². The number of nitrogens with one attached hydrogen (secondary N) is 2. The summed E-state index contributed by atoms with van der Waals surface area (Å²) in [7, 11) is 1.33. The Bertz CT molecular complexity index is 1110. The predicted molar refractivity (Wildman–Crippen MR) is 116 cm³/mol. The van der Waals surface area contributed by atoms with E-state index >= 15 is 0 Å². The number of nitrogens with two attached hydrogens (primary N) is 2. The Morgan fingerprint density at radius 3 is 2.23 bits per heavy atom. The van der Waals surface area contributed by atoms with Crippen LogP contribution < -0.4 is 16.2 Å². The van der Waals surface area contributed by atoms with Gasteiger partial charge in [-0.15, -0.1) is 0 Å². The largest absolute Gasteiger partial charge is 0.489 e. The van der Waals surface area contributed by atoms with Crippen LogP contribution in [0.3, 0.4) is 0 Å². The molecule has 0 aliphatic carbocycles. The minimum atomic E-state index is -0.457. The van der Waals surface area contributed by atoms with E-state index in [2.05, 4.69) is 0 Å². The van der Waals surface area contributed by atoms with Gasteiger partial charge in [-0.25, -0.2) is 4.79 Å². The number of methoxy groups -OCH3 is 1. The minimum Gasteiger partial charge on any atom is -0.489 e. The molecule has 0 heterocycles. The second-order valence-corrected chi connectivity index (χ2v) is 6.59. The summed E-state index contributed by atoms with van der Waals surface area (Å²) in [4.78, 5) is 12.4. The molecule has 0 unspecified atom stereocenters. The highest BCUT2D eigenvalue weighted by atomic mass is 16.5. The Hall–Kier alpha value is -4.13. The van der Waals surface area contributed by atoms with Crippen molar-refractivity contribution in [1.29, 1.82) is 10.8 Å². The van der Waals surface area contributed by atoms with Crippen molar-refractivity contribution >= 4 is 17.6 Å². The molecule has 3 rings (SSSR count). The molecule has 30 heavy (non-hydrogen) atoms. The molecule has 0 saturated heterocycles. The zero-order valence-corrected chi connectivity index (χ0v) is 16.4. The summed E-state index contributed by atoms with van der Waals surface area (Å²) in [5, 5.41) is 15.0. The Morgan fingerprint density at radius 1 is 0.900 bits per heavy atom. The number of hydrogen-bond acceptors (Lipinski definition) is 5. The van der Waals surface area contributed by atoms with Gasteiger partial charge in [0.05, 0.1) is 12.7 Å². The molecule has 152 valence electrons. The molecular weight excluding hydrogens is 380 g/mol. The van der Waals surface area contributed by atoms with Gasteiger partial charge in [0.15, 0.2) is 0 Å². The molecule has 0 radical (unpaired) electrons. The van der Waals surface area contributed by atoms with Crippen molar-refractivity contribution in [2.45, 2.75) is 6.61 Å². The van der Waals surface area contributed by atoms with Gasteiger partial charge in [0, 0.05) is 11.1 Å². The summed E-state index contributed by atoms with van der Waals surface area (Å²) >= 11 is 0. The Kier molecular flexibility index (Phi) is 6.12. The van der Waals surface area contributed by atoms with E-state index in [1.165, 1.54) is 7.11 Å². The Morgan fingerprint density at radius 2 is 1.60 bits per heavy atom. The summed E-state index contributed by atoms with van der Waals surface area (Å²) in [5.74, 6) is 0.0666. The van der Waals surface area contributed by atoms with Crippen LogP contribution in [-0.4, -0.2) is 24.8 Å². The second kappa shape index (κ2) is 8.91. The maximum Gasteiger partial charge on any atom is 0.338 e. The van der Waals surface area contributed by atoms with Crippen LogP contribution in [0.4, 0.5) is 0 Å². The monoisotopic (exact) mass is 402 g/mol. The SMILES string of the molecule is COC(=O)c1cc(COc2cccc(C(=N)N)c2)ccc1-c1ccc(C(=N)N)cc1. The second-order valence-electron chi connectivity index (χ2n) is 6.59. The normalized spacial score (nSPS) is 10.3. The molecule has 7 nitrogen and oxygen atoms in total. The van der Waals surface area contributed by atoms with Gasteiger partial charge in [-0.1, -0.05) is 48.5 Å². The lowest BCUT2D eigenvalue weighted by Crippen LogP contribution is -2.11. The molecule has 0 spiro atoms. The Balaban J connectivity index is 1.87. The lowest BCUT2D eigenvalue weighted by molar-refractivity contribution is 0.0601. The first-order chi connectivity index (χ1) is 14.4. The molecule has 0 atom stereocenters. The summed E-state index contributed by atoms with van der Waals surface area (Å²) in [6, 6.07) is 19.5. The average Bonchev–Trinajstić information content (AvgIpc) is 2.77. The van der Waals surface area contributed by atoms with Crippen LogP contribution in [-0.2, 0) is 11.3 Å². The molecule has 0 aliphatic rings. The molecule has 0 saturated carbocycles. The van der Waals surface area contributed by atoms with E-state index in [0.29, 0.717) is 28.0 Å². The van der Waals surface area contributed by atoms with Crippen LogP contribution in [0.25, 0.3) is 11.1 Å². The maximum absolute atomic E-state index is 12.4. The lowest BCUT2D eigenvalue weighted by Gasteiger charge is -2.12. The molecule has 0 aromatic heterocycles. The molecule has 7 heteroatoms. The maximum atomic E-state index is 12.4. The Labute approximate surface area is 174 Å². The number of hydrogen-bond donors (Lipinski definition) is 4. The molecule has 0 aliphatic heterocycles. The molecule has 3 aromatic rings. The highest BCUT2D eigenvalue weighted by Crippen LogP contribution is 2.27. The fourth-order valence-corrected chi connectivity index (χ4v) is 2.96. The van der Waals surface area contributed by atoms with Crippen LogP contribution in [0.15, 0.2) is 66.7 Å². The summed E-state index contributed by atoms with van der Waals surface area (Å²) in [6.07, 6.45) is 0. The van der Waals surface area contributed by atoms with Crippen molar-refractivity contribution in [1.82, 2.24) is 0 Å². The van der Waals surface area contributed by atoms with Gasteiger partial charge >= 0.3 is 5.97 Å². The van der Waals surface area contributed by atoms with E-state index in [1.807, 2.05) is 24.3 Å². The van der Waals surface area contributed by atoms with Crippen molar-refractivity contribution in [3.63, 3.8) is 0 Å². The summed E-state index contributed by atoms with van der Waals surface area (Å²) in [5.41, 5.74) is 14.9. The highest BCUT2D eigenvalue weighted by molar-refractivity contribution is 5.99. The zero-order chi connectivity index (χ0) is 21.7. The first-order valence-corrected chi connectivity index (χ1v) is 9.12. The van der Waals surface area contributed by atoms with E-state index in [-0.39, 0.29) is 18.3 Å². The lowest BCUT2D eigenvalue weighted by atomic mass is 9.96. The van der Waals surface area contributed by atoms with Gasteiger partial charge in [-0.2, -0.15) is 0 Å². The number of carbonyl (C=O) groups is 1. The summed E-state index contributed by atoms with van der Waals surface area (Å²) < 4.78 is 10.7. The van der Waals surface area contributed by atoms with Gasteiger partial charge in [0.1, 0.15) is 24.0 Å².